The Morgan fingerprint density at radius 1 is 1.12 bits per heavy atom. The van der Waals surface area contributed by atoms with E-state index in [4.69, 9.17) is 9.52 Å². The Balaban J connectivity index is 1.34. The molecular formula is C24H23N5O2S. The molecular weight excluding hydrogens is 422 g/mol. The molecule has 1 amide bonds. The van der Waals surface area contributed by atoms with Gasteiger partial charge >= 0.3 is 0 Å². The van der Waals surface area contributed by atoms with Crippen LogP contribution >= 0.6 is 11.8 Å². The first-order valence-corrected chi connectivity index (χ1v) is 11.7. The summed E-state index contributed by atoms with van der Waals surface area (Å²) in [5.74, 6) is 1.70. The zero-order valence-corrected chi connectivity index (χ0v) is 18.5. The van der Waals surface area contributed by atoms with Crippen molar-refractivity contribution < 1.29 is 9.21 Å². The first kappa shape index (κ1) is 20.5. The van der Waals surface area contributed by atoms with Gasteiger partial charge in [-0.15, -0.1) is 10.2 Å². The number of nitrogens with zero attached hydrogens (tertiary/aromatic N) is 4. The maximum Gasteiger partial charge on any atom is 0.277 e. The number of thioether (sulfide) groups is 1. The Labute approximate surface area is 190 Å². The van der Waals surface area contributed by atoms with Crippen LogP contribution in [0.2, 0.25) is 0 Å². The highest BCUT2D eigenvalue weighted by Crippen LogP contribution is 2.39. The summed E-state index contributed by atoms with van der Waals surface area (Å²) in [7, 11) is 0. The first-order chi connectivity index (χ1) is 15.7. The number of para-hydroxylation sites is 1. The standard InChI is InChI=1S/C24H23N5O2S/c1-2-16-8-10-17(11-9-16)20-14-21(29(28-20)19-6-4-3-5-7-19)25-22(30)15-32-24-27-26-23(31-24)18-12-13-18/h3-11,14,18H,2,12-13,15H2,1H3,(H,25,30). The van der Waals surface area contributed by atoms with Crippen molar-refractivity contribution in [3.8, 4) is 16.9 Å². The van der Waals surface area contributed by atoms with Crippen LogP contribution < -0.4 is 5.32 Å². The monoisotopic (exact) mass is 445 g/mol. The number of hydrogen-bond acceptors (Lipinski definition) is 6. The highest BCUT2D eigenvalue weighted by molar-refractivity contribution is 7.99. The number of carbonyl (C=O) groups excluding carboxylic acids is 1. The van der Waals surface area contributed by atoms with Gasteiger partial charge in [0.25, 0.3) is 5.22 Å². The van der Waals surface area contributed by atoms with Crippen molar-refractivity contribution in [2.24, 2.45) is 0 Å². The molecule has 1 aliphatic rings. The Morgan fingerprint density at radius 2 is 1.91 bits per heavy atom. The number of nitrogens with one attached hydrogen (secondary N) is 1. The quantitative estimate of drug-likeness (QED) is 0.380. The van der Waals surface area contributed by atoms with Crippen LogP contribution in [0.1, 0.15) is 37.1 Å². The maximum absolute atomic E-state index is 12.7. The molecule has 5 rings (SSSR count). The number of hydrogen-bond donors (Lipinski definition) is 1. The molecule has 2 heterocycles. The van der Waals surface area contributed by atoms with Gasteiger partial charge in [0.15, 0.2) is 0 Å². The maximum atomic E-state index is 12.7. The van der Waals surface area contributed by atoms with Gasteiger partial charge in [-0.3, -0.25) is 4.79 Å². The van der Waals surface area contributed by atoms with E-state index in [0.29, 0.717) is 22.8 Å². The van der Waals surface area contributed by atoms with Crippen molar-refractivity contribution in [1.29, 1.82) is 0 Å². The van der Waals surface area contributed by atoms with Gasteiger partial charge in [-0.25, -0.2) is 4.68 Å². The molecule has 1 aliphatic carbocycles. The van der Waals surface area contributed by atoms with Crippen LogP contribution in [-0.2, 0) is 11.2 Å². The minimum atomic E-state index is -0.161. The predicted molar refractivity (Wildman–Crippen MR) is 124 cm³/mol. The SMILES string of the molecule is CCc1ccc(-c2cc(NC(=O)CSc3nnc(C4CC4)o3)n(-c3ccccc3)n2)cc1. The van der Waals surface area contributed by atoms with Crippen molar-refractivity contribution in [2.75, 3.05) is 11.1 Å². The van der Waals surface area contributed by atoms with Crippen molar-refractivity contribution in [1.82, 2.24) is 20.0 Å². The third-order valence-corrected chi connectivity index (χ3v) is 6.13. The molecule has 1 N–H and O–H groups in total. The summed E-state index contributed by atoms with van der Waals surface area (Å²) in [6.07, 6.45) is 3.18. The summed E-state index contributed by atoms with van der Waals surface area (Å²) in [6, 6.07) is 20.0. The number of amides is 1. The summed E-state index contributed by atoms with van der Waals surface area (Å²) < 4.78 is 7.38. The van der Waals surface area contributed by atoms with E-state index in [2.05, 4.69) is 46.7 Å². The first-order valence-electron chi connectivity index (χ1n) is 10.7. The minimum Gasteiger partial charge on any atom is -0.416 e. The molecule has 2 aromatic carbocycles. The number of rotatable bonds is 8. The molecule has 0 saturated heterocycles. The summed E-state index contributed by atoms with van der Waals surface area (Å²) in [6.45, 7) is 2.13. The van der Waals surface area contributed by atoms with Crippen LogP contribution in [0.4, 0.5) is 5.82 Å². The van der Waals surface area contributed by atoms with Crippen molar-refractivity contribution >= 4 is 23.5 Å². The lowest BCUT2D eigenvalue weighted by atomic mass is 10.1. The third-order valence-electron chi connectivity index (χ3n) is 5.31. The van der Waals surface area contributed by atoms with Crippen molar-refractivity contribution in [2.45, 2.75) is 37.3 Å². The Hall–Kier alpha value is -3.39. The molecule has 1 fully saturated rings. The van der Waals surface area contributed by atoms with Crippen LogP contribution in [-0.4, -0.2) is 31.6 Å². The molecule has 1 saturated carbocycles. The largest absolute Gasteiger partial charge is 0.416 e. The molecule has 0 unspecified atom stereocenters. The van der Waals surface area contributed by atoms with E-state index in [1.165, 1.54) is 17.3 Å². The molecule has 0 aliphatic heterocycles. The lowest BCUT2D eigenvalue weighted by Crippen LogP contribution is -2.16. The average molecular weight is 446 g/mol. The number of anilines is 1. The highest BCUT2D eigenvalue weighted by Gasteiger charge is 2.29. The molecule has 0 radical (unpaired) electrons. The fourth-order valence-corrected chi connectivity index (χ4v) is 3.94. The molecule has 0 atom stereocenters. The van der Waals surface area contributed by atoms with Crippen LogP contribution in [0.15, 0.2) is 70.3 Å². The van der Waals surface area contributed by atoms with Gasteiger partial charge in [0.2, 0.25) is 11.8 Å². The lowest BCUT2D eigenvalue weighted by molar-refractivity contribution is -0.113. The molecule has 162 valence electrons. The van der Waals surface area contributed by atoms with E-state index in [-0.39, 0.29) is 11.7 Å². The van der Waals surface area contributed by atoms with E-state index >= 15 is 0 Å². The molecule has 7 nitrogen and oxygen atoms in total. The van der Waals surface area contributed by atoms with Gasteiger partial charge in [0.05, 0.1) is 17.1 Å². The fraction of sp³-hybridized carbons (Fsp3) is 0.250. The highest BCUT2D eigenvalue weighted by atomic mass is 32.2. The van der Waals surface area contributed by atoms with Gasteiger partial charge < -0.3 is 9.73 Å². The number of aryl methyl sites for hydroxylation is 1. The molecule has 2 aromatic heterocycles. The van der Waals surface area contributed by atoms with Gasteiger partial charge in [0, 0.05) is 17.5 Å². The number of aromatic nitrogens is 4. The zero-order chi connectivity index (χ0) is 21.9. The number of benzene rings is 2. The third kappa shape index (κ3) is 4.60. The molecule has 4 aromatic rings. The summed E-state index contributed by atoms with van der Waals surface area (Å²) in [5, 5.41) is 16.3. The second-order valence-electron chi connectivity index (χ2n) is 7.73. The van der Waals surface area contributed by atoms with Crippen LogP contribution in [0.5, 0.6) is 0 Å². The summed E-state index contributed by atoms with van der Waals surface area (Å²) in [5.41, 5.74) is 3.94. The predicted octanol–water partition coefficient (Wildman–Crippen LogP) is 5.09. The minimum absolute atomic E-state index is 0.161. The molecule has 8 heteroatoms. The lowest BCUT2D eigenvalue weighted by Gasteiger charge is -2.08. The normalized spacial score (nSPS) is 13.3. The van der Waals surface area contributed by atoms with Crippen molar-refractivity contribution in [3.63, 3.8) is 0 Å². The second-order valence-corrected chi connectivity index (χ2v) is 8.66. The van der Waals surface area contributed by atoms with Gasteiger partial charge in [-0.05, 0) is 37.0 Å². The smallest absolute Gasteiger partial charge is 0.277 e. The topological polar surface area (TPSA) is 85.8 Å². The Morgan fingerprint density at radius 3 is 2.62 bits per heavy atom. The van der Waals surface area contributed by atoms with E-state index in [9.17, 15) is 4.79 Å². The average Bonchev–Trinajstić information content (AvgIpc) is 3.43. The second kappa shape index (κ2) is 9.00. The van der Waals surface area contributed by atoms with Gasteiger partial charge in [0.1, 0.15) is 5.82 Å². The van der Waals surface area contributed by atoms with Crippen LogP contribution in [0.3, 0.4) is 0 Å². The van der Waals surface area contributed by atoms with E-state index in [1.54, 1.807) is 4.68 Å². The Kier molecular flexibility index (Phi) is 5.77. The van der Waals surface area contributed by atoms with Crippen molar-refractivity contribution in [3.05, 3.63) is 72.1 Å². The summed E-state index contributed by atoms with van der Waals surface area (Å²) >= 11 is 1.24. The van der Waals surface area contributed by atoms with Crippen LogP contribution in [0, 0.1) is 0 Å². The van der Waals surface area contributed by atoms with Gasteiger partial charge in [-0.1, -0.05) is 61.2 Å². The number of carbonyl (C=O) groups is 1. The molecule has 32 heavy (non-hydrogen) atoms. The fourth-order valence-electron chi connectivity index (χ4n) is 3.37. The van der Waals surface area contributed by atoms with Crippen LogP contribution in [0.25, 0.3) is 16.9 Å². The molecule has 0 spiro atoms. The van der Waals surface area contributed by atoms with E-state index in [1.807, 2.05) is 36.4 Å². The zero-order valence-electron chi connectivity index (χ0n) is 17.7. The van der Waals surface area contributed by atoms with E-state index in [0.717, 1.165) is 36.2 Å². The van der Waals surface area contributed by atoms with E-state index < -0.39 is 0 Å². The van der Waals surface area contributed by atoms with Gasteiger partial charge in [-0.2, -0.15) is 5.10 Å². The Bertz CT molecular complexity index is 1210. The summed E-state index contributed by atoms with van der Waals surface area (Å²) in [4.78, 5) is 12.7. The molecule has 0 bridgehead atoms.